The Morgan fingerprint density at radius 1 is 1.23 bits per heavy atom. The minimum absolute atomic E-state index is 0.0681. The fraction of sp³-hybridized carbons (Fsp3) is 0.385. The highest BCUT2D eigenvalue weighted by Gasteiger charge is 2.24. The van der Waals surface area contributed by atoms with Crippen molar-refractivity contribution < 1.29 is 0 Å². The highest BCUT2D eigenvalue weighted by Crippen LogP contribution is 2.33. The number of terminal acetylenes is 1. The zero-order chi connectivity index (χ0) is 9.90. The topological polar surface area (TPSA) is 0 Å². The molecule has 1 aromatic rings. The predicted octanol–water partition coefficient (Wildman–Crippen LogP) is 3.45. The Balaban J connectivity index is 2.94. The molecule has 0 aliphatic rings. The van der Waals surface area contributed by atoms with Gasteiger partial charge in [-0.3, -0.25) is 0 Å². The molecule has 0 amide bonds. The van der Waals surface area contributed by atoms with Crippen LogP contribution in [0.1, 0.15) is 32.3 Å². The van der Waals surface area contributed by atoms with Crippen molar-refractivity contribution in [2.24, 2.45) is 5.41 Å². The molecule has 0 aromatic heterocycles. The molecule has 0 aliphatic carbocycles. The molecule has 0 saturated carbocycles. The van der Waals surface area contributed by atoms with Crippen molar-refractivity contribution in [1.29, 1.82) is 0 Å². The van der Waals surface area contributed by atoms with E-state index in [4.69, 9.17) is 6.42 Å². The van der Waals surface area contributed by atoms with E-state index < -0.39 is 0 Å². The Bertz CT molecular complexity index is 301. The second-order valence-electron chi connectivity index (χ2n) is 4.00. The number of rotatable bonds is 2. The highest BCUT2D eigenvalue weighted by molar-refractivity contribution is 5.24. The van der Waals surface area contributed by atoms with Gasteiger partial charge in [0.2, 0.25) is 0 Å². The van der Waals surface area contributed by atoms with Crippen LogP contribution in [0.25, 0.3) is 0 Å². The van der Waals surface area contributed by atoms with Crippen molar-refractivity contribution in [2.75, 3.05) is 0 Å². The fourth-order valence-electron chi connectivity index (χ4n) is 1.28. The molecule has 1 unspecified atom stereocenters. The molecule has 68 valence electrons. The third kappa shape index (κ3) is 2.12. The van der Waals surface area contributed by atoms with Crippen LogP contribution in [0.5, 0.6) is 0 Å². The van der Waals surface area contributed by atoms with Crippen LogP contribution in [-0.4, -0.2) is 0 Å². The van der Waals surface area contributed by atoms with Gasteiger partial charge in [0.05, 0.1) is 0 Å². The largest absolute Gasteiger partial charge is 0.120 e. The molecule has 0 spiro atoms. The van der Waals surface area contributed by atoms with Gasteiger partial charge >= 0.3 is 0 Å². The quantitative estimate of drug-likeness (QED) is 0.599. The van der Waals surface area contributed by atoms with Crippen molar-refractivity contribution >= 4 is 0 Å². The average molecular weight is 172 g/mol. The molecule has 0 aliphatic heterocycles. The third-order valence-corrected chi connectivity index (χ3v) is 2.75. The van der Waals surface area contributed by atoms with Gasteiger partial charge in [-0.25, -0.2) is 0 Å². The van der Waals surface area contributed by atoms with Crippen LogP contribution >= 0.6 is 0 Å². The van der Waals surface area contributed by atoms with Crippen molar-refractivity contribution in [3.05, 3.63) is 35.9 Å². The SMILES string of the molecule is C#CC(C)(C)C(C)c1ccccc1. The predicted molar refractivity (Wildman–Crippen MR) is 57.5 cm³/mol. The van der Waals surface area contributed by atoms with Crippen LogP contribution in [0.3, 0.4) is 0 Å². The van der Waals surface area contributed by atoms with Crippen molar-refractivity contribution in [1.82, 2.24) is 0 Å². The lowest BCUT2D eigenvalue weighted by Gasteiger charge is -2.26. The normalized spacial score (nSPS) is 13.4. The lowest BCUT2D eigenvalue weighted by Crippen LogP contribution is -2.17. The summed E-state index contributed by atoms with van der Waals surface area (Å²) in [6.07, 6.45) is 5.49. The van der Waals surface area contributed by atoms with Gasteiger partial charge in [-0.1, -0.05) is 43.2 Å². The Labute approximate surface area is 81.0 Å². The molecular weight excluding hydrogens is 156 g/mol. The first-order valence-electron chi connectivity index (χ1n) is 4.60. The number of hydrogen-bond acceptors (Lipinski definition) is 0. The molecule has 0 saturated heterocycles. The van der Waals surface area contributed by atoms with E-state index in [1.807, 2.05) is 6.07 Å². The molecule has 0 heterocycles. The van der Waals surface area contributed by atoms with Gasteiger partial charge in [-0.05, 0) is 25.3 Å². The molecule has 1 aromatic carbocycles. The third-order valence-electron chi connectivity index (χ3n) is 2.75. The number of hydrogen-bond donors (Lipinski definition) is 0. The summed E-state index contributed by atoms with van der Waals surface area (Å²) in [6, 6.07) is 10.4. The van der Waals surface area contributed by atoms with E-state index in [1.54, 1.807) is 0 Å². The first kappa shape index (κ1) is 9.86. The smallest absolute Gasteiger partial charge is 0.0321 e. The lowest BCUT2D eigenvalue weighted by atomic mass is 9.77. The van der Waals surface area contributed by atoms with E-state index in [-0.39, 0.29) is 5.41 Å². The van der Waals surface area contributed by atoms with Gasteiger partial charge in [0.25, 0.3) is 0 Å². The molecule has 0 fully saturated rings. The van der Waals surface area contributed by atoms with Crippen LogP contribution in [-0.2, 0) is 0 Å². The molecule has 1 rings (SSSR count). The van der Waals surface area contributed by atoms with E-state index in [2.05, 4.69) is 51.0 Å². The molecule has 1 atom stereocenters. The highest BCUT2D eigenvalue weighted by atomic mass is 14.3. The lowest BCUT2D eigenvalue weighted by molar-refractivity contribution is 0.415. The molecule has 0 heteroatoms. The maximum Gasteiger partial charge on any atom is 0.0321 e. The van der Waals surface area contributed by atoms with E-state index in [0.29, 0.717) is 5.92 Å². The van der Waals surface area contributed by atoms with Gasteiger partial charge in [0.1, 0.15) is 0 Å². The monoisotopic (exact) mass is 172 g/mol. The standard InChI is InChI=1S/C13H16/c1-5-13(3,4)11(2)12-9-7-6-8-10-12/h1,6-11H,2-4H3. The minimum Gasteiger partial charge on any atom is -0.120 e. The summed E-state index contributed by atoms with van der Waals surface area (Å²) < 4.78 is 0. The second-order valence-corrected chi connectivity index (χ2v) is 4.00. The van der Waals surface area contributed by atoms with Crippen LogP contribution in [0.2, 0.25) is 0 Å². The van der Waals surface area contributed by atoms with E-state index in [0.717, 1.165) is 0 Å². The first-order valence-corrected chi connectivity index (χ1v) is 4.60. The maximum absolute atomic E-state index is 5.49. The van der Waals surface area contributed by atoms with Crippen LogP contribution < -0.4 is 0 Å². The molecule has 0 nitrogen and oxygen atoms in total. The summed E-state index contributed by atoms with van der Waals surface area (Å²) in [4.78, 5) is 0. The Kier molecular flexibility index (Phi) is 2.78. The zero-order valence-corrected chi connectivity index (χ0v) is 8.54. The Morgan fingerprint density at radius 3 is 2.23 bits per heavy atom. The van der Waals surface area contributed by atoms with Crippen molar-refractivity contribution in [2.45, 2.75) is 26.7 Å². The average Bonchev–Trinajstić information content (AvgIpc) is 2.18. The van der Waals surface area contributed by atoms with Gasteiger partial charge in [0, 0.05) is 5.41 Å². The van der Waals surface area contributed by atoms with E-state index >= 15 is 0 Å². The van der Waals surface area contributed by atoms with Gasteiger partial charge in [0.15, 0.2) is 0 Å². The van der Waals surface area contributed by atoms with Gasteiger partial charge < -0.3 is 0 Å². The summed E-state index contributed by atoms with van der Waals surface area (Å²) in [5.41, 5.74) is 1.24. The molecule has 0 N–H and O–H groups in total. The van der Waals surface area contributed by atoms with Crippen LogP contribution in [0, 0.1) is 17.8 Å². The molecule has 13 heavy (non-hydrogen) atoms. The fourth-order valence-corrected chi connectivity index (χ4v) is 1.28. The van der Waals surface area contributed by atoms with Gasteiger partial charge in [-0.15, -0.1) is 6.42 Å². The van der Waals surface area contributed by atoms with E-state index in [9.17, 15) is 0 Å². The Morgan fingerprint density at radius 2 is 1.77 bits per heavy atom. The summed E-state index contributed by atoms with van der Waals surface area (Å²) in [5.74, 6) is 3.24. The second kappa shape index (κ2) is 3.66. The zero-order valence-electron chi connectivity index (χ0n) is 8.54. The summed E-state index contributed by atoms with van der Waals surface area (Å²) >= 11 is 0. The Hall–Kier alpha value is -1.22. The molecule has 0 radical (unpaired) electrons. The van der Waals surface area contributed by atoms with Crippen molar-refractivity contribution in [3.63, 3.8) is 0 Å². The maximum atomic E-state index is 5.49. The number of benzene rings is 1. The van der Waals surface area contributed by atoms with Crippen LogP contribution in [0.15, 0.2) is 30.3 Å². The van der Waals surface area contributed by atoms with E-state index in [1.165, 1.54) is 5.56 Å². The van der Waals surface area contributed by atoms with Crippen molar-refractivity contribution in [3.8, 4) is 12.3 Å². The first-order chi connectivity index (χ1) is 6.08. The van der Waals surface area contributed by atoms with Crippen LogP contribution in [0.4, 0.5) is 0 Å². The van der Waals surface area contributed by atoms with Gasteiger partial charge in [-0.2, -0.15) is 0 Å². The summed E-state index contributed by atoms with van der Waals surface area (Å²) in [5, 5.41) is 0. The molecular formula is C13H16. The summed E-state index contributed by atoms with van der Waals surface area (Å²) in [6.45, 7) is 6.38. The summed E-state index contributed by atoms with van der Waals surface area (Å²) in [7, 11) is 0. The molecule has 0 bridgehead atoms. The minimum atomic E-state index is -0.0681.